The highest BCUT2D eigenvalue weighted by molar-refractivity contribution is 7.07. The molecule has 2 aromatic rings. The lowest BCUT2D eigenvalue weighted by Gasteiger charge is -2.09. The van der Waals surface area contributed by atoms with Gasteiger partial charge in [-0.3, -0.25) is 0 Å². The van der Waals surface area contributed by atoms with E-state index in [0.29, 0.717) is 11.4 Å². The molecule has 0 fully saturated rings. The maximum Gasteiger partial charge on any atom is 0.0838 e. The molecule has 1 N–H and O–H groups in total. The number of thiophene rings is 1. The van der Waals surface area contributed by atoms with Crippen molar-refractivity contribution in [2.24, 2.45) is 0 Å². The number of hydrogen-bond donors (Lipinski definition) is 1. The lowest BCUT2D eigenvalue weighted by Crippen LogP contribution is -2.00. The normalized spacial score (nSPS) is 12.7. The fourth-order valence-electron chi connectivity index (χ4n) is 1.45. The van der Waals surface area contributed by atoms with E-state index in [1.54, 1.807) is 11.3 Å². The summed E-state index contributed by atoms with van der Waals surface area (Å²) in [5.74, 6) is 0. The second-order valence-electron chi connectivity index (χ2n) is 3.37. The first-order valence-corrected chi connectivity index (χ1v) is 6.03. The van der Waals surface area contributed by atoms with Crippen LogP contribution in [0.1, 0.15) is 17.2 Å². The van der Waals surface area contributed by atoms with Crippen molar-refractivity contribution < 1.29 is 5.11 Å². The summed E-state index contributed by atoms with van der Waals surface area (Å²) in [6.07, 6.45) is 0.104. The molecule has 0 aliphatic heterocycles. The Kier molecular flexibility index (Phi) is 3.41. The number of benzene rings is 1. The first-order valence-electron chi connectivity index (χ1n) is 4.71. The molecule has 0 saturated carbocycles. The Morgan fingerprint density at radius 2 is 2.07 bits per heavy atom. The van der Waals surface area contributed by atoms with Crippen LogP contribution in [0.15, 0.2) is 41.1 Å². The molecule has 2 rings (SSSR count). The van der Waals surface area contributed by atoms with Crippen molar-refractivity contribution >= 4 is 22.9 Å². The summed E-state index contributed by atoms with van der Waals surface area (Å²) in [5.41, 5.74) is 1.94. The third kappa shape index (κ3) is 2.59. The Morgan fingerprint density at radius 3 is 2.73 bits per heavy atom. The number of aliphatic hydroxyl groups is 1. The van der Waals surface area contributed by atoms with Crippen LogP contribution in [-0.2, 0) is 6.42 Å². The molecule has 1 nitrogen and oxygen atoms in total. The maximum absolute atomic E-state index is 9.94. The molecule has 0 saturated heterocycles. The molecule has 0 amide bonds. The zero-order chi connectivity index (χ0) is 10.7. The van der Waals surface area contributed by atoms with Crippen LogP contribution in [-0.4, -0.2) is 5.11 Å². The first kappa shape index (κ1) is 10.7. The van der Waals surface area contributed by atoms with Gasteiger partial charge in [-0.05, 0) is 34.0 Å². The van der Waals surface area contributed by atoms with Gasteiger partial charge in [0.1, 0.15) is 0 Å². The molecule has 0 bridgehead atoms. The zero-order valence-electron chi connectivity index (χ0n) is 8.06. The number of aliphatic hydroxyl groups excluding tert-OH is 1. The smallest absolute Gasteiger partial charge is 0.0838 e. The summed E-state index contributed by atoms with van der Waals surface area (Å²) in [7, 11) is 0. The lowest BCUT2D eigenvalue weighted by molar-refractivity contribution is 0.179. The Balaban J connectivity index is 2.13. The zero-order valence-corrected chi connectivity index (χ0v) is 9.63. The fourth-order valence-corrected chi connectivity index (χ4v) is 2.37. The second kappa shape index (κ2) is 4.79. The molecule has 3 heteroatoms. The summed E-state index contributed by atoms with van der Waals surface area (Å²) >= 11 is 7.61. The van der Waals surface area contributed by atoms with E-state index in [1.165, 1.54) is 0 Å². The molecule has 1 unspecified atom stereocenters. The standard InChI is InChI=1S/C12H11ClOS/c13-11-4-2-1-3-9(11)7-12(14)10-5-6-15-8-10/h1-6,8,12,14H,7H2. The quantitative estimate of drug-likeness (QED) is 0.865. The number of halogens is 1. The van der Waals surface area contributed by atoms with E-state index in [2.05, 4.69) is 0 Å². The van der Waals surface area contributed by atoms with Gasteiger partial charge in [0.25, 0.3) is 0 Å². The lowest BCUT2D eigenvalue weighted by atomic mass is 10.0. The minimum Gasteiger partial charge on any atom is -0.388 e. The van der Waals surface area contributed by atoms with Crippen molar-refractivity contribution in [1.82, 2.24) is 0 Å². The molecule has 0 spiro atoms. The monoisotopic (exact) mass is 238 g/mol. The maximum atomic E-state index is 9.94. The van der Waals surface area contributed by atoms with Crippen molar-refractivity contribution in [3.05, 3.63) is 57.2 Å². The van der Waals surface area contributed by atoms with Crippen LogP contribution in [0.3, 0.4) is 0 Å². The highest BCUT2D eigenvalue weighted by Gasteiger charge is 2.10. The van der Waals surface area contributed by atoms with Crippen LogP contribution >= 0.6 is 22.9 Å². The molecule has 1 atom stereocenters. The third-order valence-electron chi connectivity index (χ3n) is 2.30. The van der Waals surface area contributed by atoms with Crippen molar-refractivity contribution in [3.8, 4) is 0 Å². The molecule has 0 radical (unpaired) electrons. The highest BCUT2D eigenvalue weighted by Crippen LogP contribution is 2.24. The summed E-state index contributed by atoms with van der Waals surface area (Å²) in [5, 5.41) is 14.6. The summed E-state index contributed by atoms with van der Waals surface area (Å²) in [6, 6.07) is 9.55. The van der Waals surface area contributed by atoms with E-state index < -0.39 is 6.10 Å². The number of rotatable bonds is 3. The predicted molar refractivity (Wildman–Crippen MR) is 64.4 cm³/mol. The van der Waals surface area contributed by atoms with Crippen LogP contribution < -0.4 is 0 Å². The topological polar surface area (TPSA) is 20.2 Å². The van der Waals surface area contributed by atoms with Crippen molar-refractivity contribution in [2.45, 2.75) is 12.5 Å². The van der Waals surface area contributed by atoms with E-state index in [0.717, 1.165) is 11.1 Å². The van der Waals surface area contributed by atoms with Crippen molar-refractivity contribution in [3.63, 3.8) is 0 Å². The molecule has 1 heterocycles. The van der Waals surface area contributed by atoms with E-state index >= 15 is 0 Å². The molecule has 0 aliphatic carbocycles. The molecule has 0 aliphatic rings. The van der Waals surface area contributed by atoms with Crippen molar-refractivity contribution in [1.29, 1.82) is 0 Å². The second-order valence-corrected chi connectivity index (χ2v) is 4.56. The molecule has 1 aromatic heterocycles. The van der Waals surface area contributed by atoms with Gasteiger partial charge in [0.2, 0.25) is 0 Å². The minimum absolute atomic E-state index is 0.462. The van der Waals surface area contributed by atoms with E-state index in [9.17, 15) is 5.11 Å². The van der Waals surface area contributed by atoms with Crippen LogP contribution in [0.5, 0.6) is 0 Å². The first-order chi connectivity index (χ1) is 7.27. The van der Waals surface area contributed by atoms with Gasteiger partial charge < -0.3 is 5.11 Å². The summed E-state index contributed by atoms with van der Waals surface area (Å²) < 4.78 is 0. The minimum atomic E-state index is -0.462. The van der Waals surface area contributed by atoms with Gasteiger partial charge in [0.05, 0.1) is 6.10 Å². The Morgan fingerprint density at radius 1 is 1.27 bits per heavy atom. The summed E-state index contributed by atoms with van der Waals surface area (Å²) in [6.45, 7) is 0. The van der Waals surface area contributed by atoms with Gasteiger partial charge in [-0.25, -0.2) is 0 Å². The fraction of sp³-hybridized carbons (Fsp3) is 0.167. The van der Waals surface area contributed by atoms with Gasteiger partial charge in [-0.2, -0.15) is 11.3 Å². The molecular formula is C12H11ClOS. The van der Waals surface area contributed by atoms with Gasteiger partial charge in [0, 0.05) is 11.4 Å². The average Bonchev–Trinajstić information content (AvgIpc) is 2.74. The largest absolute Gasteiger partial charge is 0.388 e. The van der Waals surface area contributed by atoms with Gasteiger partial charge >= 0.3 is 0 Å². The third-order valence-corrected chi connectivity index (χ3v) is 3.37. The molecular weight excluding hydrogens is 228 g/mol. The van der Waals surface area contributed by atoms with Gasteiger partial charge in [-0.1, -0.05) is 29.8 Å². The molecule has 1 aromatic carbocycles. The van der Waals surface area contributed by atoms with Crippen LogP contribution in [0.4, 0.5) is 0 Å². The van der Waals surface area contributed by atoms with Crippen molar-refractivity contribution in [2.75, 3.05) is 0 Å². The van der Waals surface area contributed by atoms with E-state index in [-0.39, 0.29) is 0 Å². The molecule has 15 heavy (non-hydrogen) atoms. The predicted octanol–water partition coefficient (Wildman–Crippen LogP) is 3.68. The SMILES string of the molecule is OC(Cc1ccccc1Cl)c1ccsc1. The average molecular weight is 239 g/mol. The van der Waals surface area contributed by atoms with Gasteiger partial charge in [0.15, 0.2) is 0 Å². The van der Waals surface area contributed by atoms with Gasteiger partial charge in [-0.15, -0.1) is 0 Å². The Hall–Kier alpha value is -0.830. The number of hydrogen-bond acceptors (Lipinski definition) is 2. The van der Waals surface area contributed by atoms with Crippen LogP contribution in [0, 0.1) is 0 Å². The van der Waals surface area contributed by atoms with E-state index in [1.807, 2.05) is 41.1 Å². The summed E-state index contributed by atoms with van der Waals surface area (Å²) in [4.78, 5) is 0. The molecule has 78 valence electrons. The van der Waals surface area contributed by atoms with Crippen LogP contribution in [0.25, 0.3) is 0 Å². The Labute approximate surface area is 98.0 Å². The Bertz CT molecular complexity index is 425. The van der Waals surface area contributed by atoms with Crippen LogP contribution in [0.2, 0.25) is 5.02 Å². The van der Waals surface area contributed by atoms with E-state index in [4.69, 9.17) is 11.6 Å². The highest BCUT2D eigenvalue weighted by atomic mass is 35.5.